The van der Waals surface area contributed by atoms with Crippen molar-refractivity contribution in [3.63, 3.8) is 0 Å². The summed E-state index contributed by atoms with van der Waals surface area (Å²) in [6.45, 7) is 1.49. The number of carbonyl (C=O) groups is 3. The molecular formula is C17H22Cl2N2O4S. The maximum absolute atomic E-state index is 12.5. The highest BCUT2D eigenvalue weighted by atomic mass is 35.5. The van der Waals surface area contributed by atoms with Crippen LogP contribution in [0, 0.1) is 0 Å². The van der Waals surface area contributed by atoms with Gasteiger partial charge in [0.25, 0.3) is 11.8 Å². The molecule has 144 valence electrons. The molecule has 0 aromatic heterocycles. The fourth-order valence-corrected chi connectivity index (χ4v) is 3.03. The Morgan fingerprint density at radius 3 is 2.46 bits per heavy atom. The third-order valence-electron chi connectivity index (χ3n) is 3.46. The minimum atomic E-state index is -0.940. The average Bonchev–Trinajstić information content (AvgIpc) is 2.57. The number of nitrogens with one attached hydrogen (secondary N) is 1. The molecular weight excluding hydrogens is 399 g/mol. The van der Waals surface area contributed by atoms with E-state index in [0.717, 1.165) is 0 Å². The van der Waals surface area contributed by atoms with E-state index in [1.54, 1.807) is 14.1 Å². The van der Waals surface area contributed by atoms with E-state index in [-0.39, 0.29) is 16.5 Å². The summed E-state index contributed by atoms with van der Waals surface area (Å²) in [6, 6.07) is 3.58. The molecule has 2 amide bonds. The van der Waals surface area contributed by atoms with Crippen LogP contribution in [0.15, 0.2) is 18.2 Å². The van der Waals surface area contributed by atoms with E-state index in [1.165, 1.54) is 41.8 Å². The highest BCUT2D eigenvalue weighted by Crippen LogP contribution is 2.21. The van der Waals surface area contributed by atoms with Gasteiger partial charge in [0.15, 0.2) is 6.10 Å². The number of nitrogens with zero attached hydrogens (tertiary/aromatic N) is 1. The summed E-state index contributed by atoms with van der Waals surface area (Å²) in [5.41, 5.74) is 0.204. The molecule has 0 aliphatic carbocycles. The number of carbonyl (C=O) groups excluding carboxylic acids is 3. The molecule has 1 aromatic carbocycles. The zero-order chi connectivity index (χ0) is 19.9. The van der Waals surface area contributed by atoms with Crippen LogP contribution in [0.25, 0.3) is 0 Å². The minimum absolute atomic E-state index is 0.183. The number of esters is 1. The number of halogens is 2. The van der Waals surface area contributed by atoms with Gasteiger partial charge in [0.2, 0.25) is 0 Å². The van der Waals surface area contributed by atoms with Crippen molar-refractivity contribution >= 4 is 52.7 Å². The van der Waals surface area contributed by atoms with Crippen molar-refractivity contribution in [2.75, 3.05) is 26.1 Å². The first kappa shape index (κ1) is 22.6. The highest BCUT2D eigenvalue weighted by molar-refractivity contribution is 7.98. The molecule has 0 spiro atoms. The maximum Gasteiger partial charge on any atom is 0.329 e. The first-order chi connectivity index (χ1) is 12.2. The first-order valence-electron chi connectivity index (χ1n) is 7.83. The van der Waals surface area contributed by atoms with Crippen LogP contribution in [-0.2, 0) is 14.3 Å². The van der Waals surface area contributed by atoms with Crippen molar-refractivity contribution < 1.29 is 19.1 Å². The van der Waals surface area contributed by atoms with Crippen molar-refractivity contribution in [1.29, 1.82) is 0 Å². The Balaban J connectivity index is 2.86. The lowest BCUT2D eigenvalue weighted by atomic mass is 10.1. The summed E-state index contributed by atoms with van der Waals surface area (Å²) < 4.78 is 5.21. The van der Waals surface area contributed by atoms with Crippen LogP contribution >= 0.6 is 35.0 Å². The van der Waals surface area contributed by atoms with E-state index in [9.17, 15) is 14.4 Å². The largest absolute Gasteiger partial charge is 0.451 e. The van der Waals surface area contributed by atoms with Gasteiger partial charge < -0.3 is 15.0 Å². The Morgan fingerprint density at radius 1 is 1.27 bits per heavy atom. The van der Waals surface area contributed by atoms with Crippen LogP contribution in [0.4, 0.5) is 0 Å². The van der Waals surface area contributed by atoms with Gasteiger partial charge in [0.05, 0.1) is 10.6 Å². The van der Waals surface area contributed by atoms with Gasteiger partial charge in [-0.05, 0) is 43.6 Å². The summed E-state index contributed by atoms with van der Waals surface area (Å²) in [6.07, 6.45) is 1.31. The lowest BCUT2D eigenvalue weighted by Crippen LogP contribution is -2.45. The molecule has 1 N–H and O–H groups in total. The zero-order valence-corrected chi connectivity index (χ0v) is 17.4. The Kier molecular flexibility index (Phi) is 9.25. The van der Waals surface area contributed by atoms with Crippen LogP contribution in [0.3, 0.4) is 0 Å². The van der Waals surface area contributed by atoms with Gasteiger partial charge >= 0.3 is 5.97 Å². The number of rotatable bonds is 8. The van der Waals surface area contributed by atoms with Crippen molar-refractivity contribution in [1.82, 2.24) is 10.2 Å². The fourth-order valence-electron chi connectivity index (χ4n) is 2.06. The zero-order valence-electron chi connectivity index (χ0n) is 15.0. The van der Waals surface area contributed by atoms with Crippen LogP contribution in [0.2, 0.25) is 10.0 Å². The summed E-state index contributed by atoms with van der Waals surface area (Å²) in [4.78, 5) is 38.1. The van der Waals surface area contributed by atoms with Gasteiger partial charge in [0.1, 0.15) is 6.04 Å². The van der Waals surface area contributed by atoms with E-state index < -0.39 is 24.0 Å². The molecule has 0 saturated carbocycles. The van der Waals surface area contributed by atoms with Gasteiger partial charge in [-0.3, -0.25) is 9.59 Å². The Bertz CT molecular complexity index is 670. The summed E-state index contributed by atoms with van der Waals surface area (Å²) in [7, 11) is 3.14. The maximum atomic E-state index is 12.5. The number of amides is 2. The normalized spacial score (nSPS) is 12.8. The van der Waals surface area contributed by atoms with Gasteiger partial charge in [-0.2, -0.15) is 11.8 Å². The number of thioether (sulfide) groups is 1. The van der Waals surface area contributed by atoms with Gasteiger partial charge in [-0.25, -0.2) is 4.79 Å². The second kappa shape index (κ2) is 10.6. The van der Waals surface area contributed by atoms with Crippen molar-refractivity contribution in [3.8, 4) is 0 Å². The van der Waals surface area contributed by atoms with E-state index in [0.29, 0.717) is 17.2 Å². The molecule has 0 saturated heterocycles. The summed E-state index contributed by atoms with van der Waals surface area (Å²) in [5.74, 6) is -0.889. The molecule has 6 nitrogen and oxygen atoms in total. The van der Waals surface area contributed by atoms with Crippen LogP contribution in [-0.4, -0.2) is 60.9 Å². The van der Waals surface area contributed by atoms with E-state index in [1.807, 2.05) is 6.26 Å². The monoisotopic (exact) mass is 420 g/mol. The van der Waals surface area contributed by atoms with Gasteiger partial charge in [0, 0.05) is 19.1 Å². The number of ether oxygens (including phenoxy) is 1. The van der Waals surface area contributed by atoms with E-state index in [2.05, 4.69) is 5.32 Å². The molecule has 1 aromatic rings. The van der Waals surface area contributed by atoms with Crippen LogP contribution < -0.4 is 5.32 Å². The second-order valence-corrected chi connectivity index (χ2v) is 7.57. The standard InChI is InChI=1S/C17H22Cl2N2O4S/c1-10(16(23)21(2)3)25-17(24)14(7-8-26-4)20-15(22)12-6-5-11(18)9-13(12)19/h5-6,9-10,14H,7-8H2,1-4H3,(H,20,22)/t10-,14+/m0/s1. The molecule has 0 heterocycles. The number of benzene rings is 1. The minimum Gasteiger partial charge on any atom is -0.451 e. The molecule has 2 atom stereocenters. The molecule has 0 aliphatic heterocycles. The van der Waals surface area contributed by atoms with Gasteiger partial charge in [-0.1, -0.05) is 23.2 Å². The first-order valence-corrected chi connectivity index (χ1v) is 9.98. The highest BCUT2D eigenvalue weighted by Gasteiger charge is 2.27. The molecule has 26 heavy (non-hydrogen) atoms. The lowest BCUT2D eigenvalue weighted by Gasteiger charge is -2.22. The smallest absolute Gasteiger partial charge is 0.329 e. The molecule has 0 bridgehead atoms. The Labute approximate surface area is 167 Å². The number of hydrogen-bond acceptors (Lipinski definition) is 5. The predicted molar refractivity (Wildman–Crippen MR) is 105 cm³/mol. The Morgan fingerprint density at radius 2 is 1.92 bits per heavy atom. The Hall–Kier alpha value is -1.44. The van der Waals surface area contributed by atoms with Crippen LogP contribution in [0.5, 0.6) is 0 Å². The topological polar surface area (TPSA) is 75.7 Å². The quantitative estimate of drug-likeness (QED) is 0.654. The number of likely N-dealkylation sites (N-methyl/N-ethyl adjacent to an activating group) is 1. The third-order valence-corrected chi connectivity index (χ3v) is 4.65. The van der Waals surface area contributed by atoms with Crippen molar-refractivity contribution in [2.45, 2.75) is 25.5 Å². The third kappa shape index (κ3) is 6.70. The molecule has 0 radical (unpaired) electrons. The second-order valence-electron chi connectivity index (χ2n) is 5.74. The molecule has 9 heteroatoms. The van der Waals surface area contributed by atoms with E-state index in [4.69, 9.17) is 27.9 Å². The SMILES string of the molecule is CSCC[C@@H](NC(=O)c1ccc(Cl)cc1Cl)C(=O)O[C@@H](C)C(=O)N(C)C. The van der Waals surface area contributed by atoms with Crippen LogP contribution in [0.1, 0.15) is 23.7 Å². The molecule has 0 fully saturated rings. The molecule has 1 rings (SSSR count). The summed E-state index contributed by atoms with van der Waals surface area (Å²) in [5, 5.41) is 3.21. The van der Waals surface area contributed by atoms with Gasteiger partial charge in [-0.15, -0.1) is 0 Å². The lowest BCUT2D eigenvalue weighted by molar-refractivity contribution is -0.159. The molecule has 0 aliphatic rings. The number of hydrogen-bond donors (Lipinski definition) is 1. The average molecular weight is 421 g/mol. The van der Waals surface area contributed by atoms with Crippen molar-refractivity contribution in [3.05, 3.63) is 33.8 Å². The fraction of sp³-hybridized carbons (Fsp3) is 0.471. The van der Waals surface area contributed by atoms with Crippen molar-refractivity contribution in [2.24, 2.45) is 0 Å². The molecule has 0 unspecified atom stereocenters. The van der Waals surface area contributed by atoms with E-state index >= 15 is 0 Å². The predicted octanol–water partition coefficient (Wildman–Crippen LogP) is 2.86. The summed E-state index contributed by atoms with van der Waals surface area (Å²) >= 11 is 13.4.